The Labute approximate surface area is 163 Å². The zero-order valence-corrected chi connectivity index (χ0v) is 16.1. The first kappa shape index (κ1) is 18.4. The van der Waals surface area contributed by atoms with Crippen LogP contribution in [0.25, 0.3) is 10.9 Å². The Morgan fingerprint density at radius 2 is 2.07 bits per heavy atom. The number of benzene rings is 2. The first-order valence-corrected chi connectivity index (χ1v) is 10.4. The molecule has 1 aliphatic rings. The molecule has 1 amide bonds. The van der Waals surface area contributed by atoms with Gasteiger partial charge in [-0.1, -0.05) is 6.07 Å². The van der Waals surface area contributed by atoms with Gasteiger partial charge in [0.1, 0.15) is 0 Å². The van der Waals surface area contributed by atoms with E-state index in [1.54, 1.807) is 18.3 Å². The smallest absolute Gasteiger partial charge is 0.243 e. The van der Waals surface area contributed by atoms with Gasteiger partial charge < -0.3 is 10.2 Å². The maximum Gasteiger partial charge on any atom is 0.243 e. The summed E-state index contributed by atoms with van der Waals surface area (Å²) in [5, 5.41) is 9.06. The molecule has 2 aromatic carbocycles. The number of nitrogens with zero attached hydrogens (tertiary/aromatic N) is 2. The van der Waals surface area contributed by atoms with E-state index in [9.17, 15) is 13.2 Å². The lowest BCUT2D eigenvalue weighted by atomic mass is 10.1. The summed E-state index contributed by atoms with van der Waals surface area (Å²) in [4.78, 5) is 19.1. The third kappa shape index (κ3) is 3.44. The molecule has 0 saturated heterocycles. The van der Waals surface area contributed by atoms with Crippen molar-refractivity contribution in [2.24, 2.45) is 5.14 Å². The van der Waals surface area contributed by atoms with Crippen molar-refractivity contribution in [2.45, 2.75) is 24.3 Å². The minimum absolute atomic E-state index is 0.0747. The number of hydrogen-bond donors (Lipinski definition) is 2. The third-order valence-electron chi connectivity index (χ3n) is 4.97. The van der Waals surface area contributed by atoms with Crippen LogP contribution < -0.4 is 15.4 Å². The van der Waals surface area contributed by atoms with E-state index in [-0.39, 0.29) is 23.4 Å². The molecule has 7 nitrogen and oxygen atoms in total. The summed E-state index contributed by atoms with van der Waals surface area (Å²) < 4.78 is 23.2. The maximum atomic E-state index is 12.7. The van der Waals surface area contributed by atoms with Crippen LogP contribution in [0.1, 0.15) is 12.5 Å². The number of nitrogens with one attached hydrogen (secondary N) is 1. The zero-order chi connectivity index (χ0) is 19.9. The second-order valence-corrected chi connectivity index (χ2v) is 8.50. The molecular formula is C20H20N4O3S. The van der Waals surface area contributed by atoms with Crippen molar-refractivity contribution in [1.29, 1.82) is 0 Å². The van der Waals surface area contributed by atoms with E-state index < -0.39 is 10.0 Å². The lowest BCUT2D eigenvalue weighted by molar-refractivity contribution is -0.115. The number of sulfonamides is 1. The summed E-state index contributed by atoms with van der Waals surface area (Å²) in [5.74, 6) is -0.147. The molecule has 0 fully saturated rings. The van der Waals surface area contributed by atoms with E-state index in [4.69, 9.17) is 5.14 Å². The molecule has 144 valence electrons. The molecule has 0 spiro atoms. The fourth-order valence-corrected chi connectivity index (χ4v) is 4.21. The fraction of sp³-hybridized carbons (Fsp3) is 0.200. The first-order chi connectivity index (χ1) is 13.3. The van der Waals surface area contributed by atoms with E-state index in [1.165, 1.54) is 6.07 Å². The van der Waals surface area contributed by atoms with E-state index in [1.807, 2.05) is 42.2 Å². The van der Waals surface area contributed by atoms with Gasteiger partial charge in [-0.2, -0.15) is 0 Å². The summed E-state index contributed by atoms with van der Waals surface area (Å²) in [5.41, 5.74) is 3.26. The van der Waals surface area contributed by atoms with E-state index in [0.29, 0.717) is 12.1 Å². The summed E-state index contributed by atoms with van der Waals surface area (Å²) in [7, 11) is -3.75. The molecule has 3 aromatic rings. The number of fused-ring (bicyclic) bond motifs is 2. The number of rotatable bonds is 4. The molecule has 0 aliphatic carbocycles. The van der Waals surface area contributed by atoms with E-state index in [0.717, 1.165) is 22.2 Å². The van der Waals surface area contributed by atoms with Gasteiger partial charge in [0.25, 0.3) is 0 Å². The van der Waals surface area contributed by atoms with Crippen molar-refractivity contribution in [3.8, 4) is 0 Å². The van der Waals surface area contributed by atoms with Crippen LogP contribution in [0.2, 0.25) is 0 Å². The average Bonchev–Trinajstić information content (AvgIpc) is 2.96. The molecule has 0 unspecified atom stereocenters. The van der Waals surface area contributed by atoms with Gasteiger partial charge in [0, 0.05) is 23.3 Å². The van der Waals surface area contributed by atoms with Crippen molar-refractivity contribution in [3.63, 3.8) is 0 Å². The van der Waals surface area contributed by atoms with Gasteiger partial charge in [-0.3, -0.25) is 9.78 Å². The summed E-state index contributed by atoms with van der Waals surface area (Å²) >= 11 is 0. The summed E-state index contributed by atoms with van der Waals surface area (Å²) in [6.45, 7) is 2.17. The van der Waals surface area contributed by atoms with Gasteiger partial charge in [0.15, 0.2) is 0 Å². The highest BCUT2D eigenvalue weighted by atomic mass is 32.2. The Morgan fingerprint density at radius 1 is 1.25 bits per heavy atom. The van der Waals surface area contributed by atoms with Crippen molar-refractivity contribution in [3.05, 3.63) is 60.3 Å². The molecule has 1 aliphatic heterocycles. The molecule has 28 heavy (non-hydrogen) atoms. The number of carbonyl (C=O) groups excluding carboxylic acids is 1. The van der Waals surface area contributed by atoms with Crippen molar-refractivity contribution in [1.82, 2.24) is 4.98 Å². The number of hydrogen-bond acceptors (Lipinski definition) is 5. The summed E-state index contributed by atoms with van der Waals surface area (Å²) in [6, 6.07) is 14.2. The molecule has 1 aromatic heterocycles. The Hall–Kier alpha value is -2.97. The number of amides is 1. The van der Waals surface area contributed by atoms with Crippen LogP contribution in [-0.2, 0) is 21.2 Å². The lowest BCUT2D eigenvalue weighted by Crippen LogP contribution is -2.37. The topological polar surface area (TPSA) is 105 Å². The van der Waals surface area contributed by atoms with Crippen molar-refractivity contribution < 1.29 is 13.2 Å². The predicted molar refractivity (Wildman–Crippen MR) is 109 cm³/mol. The van der Waals surface area contributed by atoms with Gasteiger partial charge in [0.2, 0.25) is 15.9 Å². The highest BCUT2D eigenvalue weighted by molar-refractivity contribution is 7.89. The minimum atomic E-state index is -3.75. The second kappa shape index (κ2) is 6.88. The van der Waals surface area contributed by atoms with Gasteiger partial charge in [-0.05, 0) is 61.4 Å². The molecular weight excluding hydrogens is 376 g/mol. The highest BCUT2D eigenvalue weighted by Gasteiger charge is 2.28. The molecule has 2 heterocycles. The van der Waals surface area contributed by atoms with Crippen LogP contribution >= 0.6 is 0 Å². The summed E-state index contributed by atoms with van der Waals surface area (Å²) in [6.07, 6.45) is 2.37. The minimum Gasteiger partial charge on any atom is -0.359 e. The molecule has 0 saturated carbocycles. The van der Waals surface area contributed by atoms with Crippen LogP contribution in [0.3, 0.4) is 0 Å². The lowest BCUT2D eigenvalue weighted by Gasteiger charge is -2.24. The molecule has 4 rings (SSSR count). The first-order valence-electron chi connectivity index (χ1n) is 8.89. The van der Waals surface area contributed by atoms with Crippen LogP contribution in [0.5, 0.6) is 0 Å². The third-order valence-corrected chi connectivity index (χ3v) is 5.88. The van der Waals surface area contributed by atoms with Crippen LogP contribution in [-0.4, -0.2) is 31.9 Å². The van der Waals surface area contributed by atoms with E-state index >= 15 is 0 Å². The predicted octanol–water partition coefficient (Wildman–Crippen LogP) is 2.27. The largest absolute Gasteiger partial charge is 0.359 e. The molecule has 0 radical (unpaired) electrons. The Bertz CT molecular complexity index is 1170. The molecule has 8 heteroatoms. The molecule has 3 N–H and O–H groups in total. The van der Waals surface area contributed by atoms with Gasteiger partial charge in [-0.25, -0.2) is 13.6 Å². The normalized spacial score (nSPS) is 16.2. The number of aromatic nitrogens is 1. The van der Waals surface area contributed by atoms with Gasteiger partial charge in [0.05, 0.1) is 22.6 Å². The zero-order valence-electron chi connectivity index (χ0n) is 15.3. The fourth-order valence-electron chi connectivity index (χ4n) is 3.65. The molecule has 1 atom stereocenters. The van der Waals surface area contributed by atoms with Crippen molar-refractivity contribution in [2.75, 3.05) is 16.8 Å². The standard InChI is InChI=1S/C20H20N4O3S/c1-13-10-14-11-15(28(21,26)27)7-8-19(14)24(13)12-20(25)23-18-6-2-5-17-16(18)4-3-9-22-17/h2-9,11,13H,10,12H2,1H3,(H,23,25)(H2,21,26,27)/t13-/m0/s1. The Balaban J connectivity index is 1.56. The van der Waals surface area contributed by atoms with Crippen LogP contribution in [0.15, 0.2) is 59.6 Å². The second-order valence-electron chi connectivity index (χ2n) is 6.94. The van der Waals surface area contributed by atoms with Crippen LogP contribution in [0, 0.1) is 0 Å². The molecule has 0 bridgehead atoms. The maximum absolute atomic E-state index is 12.7. The van der Waals surface area contributed by atoms with Crippen LogP contribution in [0.4, 0.5) is 11.4 Å². The van der Waals surface area contributed by atoms with Gasteiger partial charge in [-0.15, -0.1) is 0 Å². The quantitative estimate of drug-likeness (QED) is 0.704. The number of primary sulfonamides is 1. The number of pyridine rings is 1. The highest BCUT2D eigenvalue weighted by Crippen LogP contribution is 2.33. The number of carbonyl (C=O) groups is 1. The number of nitrogens with two attached hydrogens (primary N) is 1. The van der Waals surface area contributed by atoms with Crippen molar-refractivity contribution >= 4 is 38.2 Å². The monoisotopic (exact) mass is 396 g/mol. The van der Waals surface area contributed by atoms with E-state index in [2.05, 4.69) is 10.3 Å². The Morgan fingerprint density at radius 3 is 2.86 bits per heavy atom. The van der Waals surface area contributed by atoms with Gasteiger partial charge >= 0.3 is 0 Å². The Kier molecular flexibility index (Phi) is 4.52. The SMILES string of the molecule is C[C@H]1Cc2cc(S(N)(=O)=O)ccc2N1CC(=O)Nc1cccc2ncccc12. The average molecular weight is 396 g/mol. The number of anilines is 2.